The van der Waals surface area contributed by atoms with E-state index in [9.17, 15) is 14.4 Å². The van der Waals surface area contributed by atoms with Gasteiger partial charge < -0.3 is 19.7 Å². The summed E-state index contributed by atoms with van der Waals surface area (Å²) in [6, 6.07) is 17.6. The maximum absolute atomic E-state index is 13.1. The summed E-state index contributed by atoms with van der Waals surface area (Å²) in [4.78, 5) is 40.3. The number of hydrogen-bond acceptors (Lipinski definition) is 5. The van der Waals surface area contributed by atoms with Crippen LogP contribution >= 0.6 is 0 Å². The topological polar surface area (TPSA) is 84.9 Å². The highest BCUT2D eigenvalue weighted by Crippen LogP contribution is 2.36. The first-order chi connectivity index (χ1) is 19.4. The summed E-state index contributed by atoms with van der Waals surface area (Å²) in [5.74, 6) is 1.08. The van der Waals surface area contributed by atoms with Crippen LogP contribution in [0.5, 0.6) is 5.75 Å². The number of fused-ring (bicyclic) bond motifs is 1. The first kappa shape index (κ1) is 29.6. The van der Waals surface area contributed by atoms with Crippen molar-refractivity contribution in [1.82, 2.24) is 10.2 Å². The SMILES string of the molecule is CCOC(=O)C(CC(=O)N1CC2CCCCC2C1)Cc1ccc(OCCNC(=O)C(C)Cc2ccccc2)cc1. The Morgan fingerprint density at radius 3 is 2.23 bits per heavy atom. The molecule has 2 aromatic rings. The van der Waals surface area contributed by atoms with Gasteiger partial charge in [-0.15, -0.1) is 0 Å². The van der Waals surface area contributed by atoms with Gasteiger partial charge in [-0.25, -0.2) is 0 Å². The molecule has 1 saturated heterocycles. The van der Waals surface area contributed by atoms with E-state index in [0.717, 1.165) is 24.2 Å². The number of nitrogens with zero attached hydrogens (tertiary/aromatic N) is 1. The van der Waals surface area contributed by atoms with Gasteiger partial charge in [0.05, 0.1) is 19.1 Å². The van der Waals surface area contributed by atoms with Gasteiger partial charge in [-0.3, -0.25) is 14.4 Å². The first-order valence-electron chi connectivity index (χ1n) is 14.9. The number of nitrogens with one attached hydrogen (secondary N) is 1. The van der Waals surface area contributed by atoms with Gasteiger partial charge in [0.2, 0.25) is 11.8 Å². The lowest BCUT2D eigenvalue weighted by Crippen LogP contribution is -2.33. The van der Waals surface area contributed by atoms with Crippen LogP contribution in [-0.2, 0) is 32.0 Å². The summed E-state index contributed by atoms with van der Waals surface area (Å²) in [7, 11) is 0. The number of benzene rings is 2. The van der Waals surface area contributed by atoms with Crippen molar-refractivity contribution in [2.75, 3.05) is 32.8 Å². The Labute approximate surface area is 238 Å². The normalized spacial score (nSPS) is 19.8. The third-order valence-corrected chi connectivity index (χ3v) is 8.28. The van der Waals surface area contributed by atoms with E-state index in [1.54, 1.807) is 6.92 Å². The van der Waals surface area contributed by atoms with E-state index in [0.29, 0.717) is 50.2 Å². The maximum Gasteiger partial charge on any atom is 0.309 e. The molecule has 2 fully saturated rings. The molecule has 0 radical (unpaired) electrons. The van der Waals surface area contributed by atoms with Gasteiger partial charge in [-0.2, -0.15) is 0 Å². The highest BCUT2D eigenvalue weighted by Gasteiger charge is 2.37. The van der Waals surface area contributed by atoms with Gasteiger partial charge in [0, 0.05) is 25.4 Å². The fraction of sp³-hybridized carbons (Fsp3) is 0.545. The summed E-state index contributed by atoms with van der Waals surface area (Å²) < 4.78 is 11.1. The van der Waals surface area contributed by atoms with Gasteiger partial charge >= 0.3 is 5.97 Å². The van der Waals surface area contributed by atoms with Gasteiger partial charge in [-0.1, -0.05) is 62.2 Å². The predicted molar refractivity (Wildman–Crippen MR) is 155 cm³/mol. The van der Waals surface area contributed by atoms with Crippen LogP contribution in [-0.4, -0.2) is 55.5 Å². The Balaban J connectivity index is 1.22. The van der Waals surface area contributed by atoms with Crippen molar-refractivity contribution in [2.24, 2.45) is 23.7 Å². The van der Waals surface area contributed by atoms with E-state index >= 15 is 0 Å². The Morgan fingerprint density at radius 2 is 1.57 bits per heavy atom. The van der Waals surface area contributed by atoms with Crippen LogP contribution in [0.3, 0.4) is 0 Å². The summed E-state index contributed by atoms with van der Waals surface area (Å²) in [6.45, 7) is 6.46. The van der Waals surface area contributed by atoms with Crippen molar-refractivity contribution >= 4 is 17.8 Å². The van der Waals surface area contributed by atoms with Crippen LogP contribution in [0, 0.1) is 23.7 Å². The molecule has 4 atom stereocenters. The number of amides is 2. The summed E-state index contributed by atoms with van der Waals surface area (Å²) in [6.07, 6.45) is 6.27. The van der Waals surface area contributed by atoms with Gasteiger partial charge in [0.15, 0.2) is 0 Å². The van der Waals surface area contributed by atoms with E-state index in [4.69, 9.17) is 9.47 Å². The number of carbonyl (C=O) groups excluding carboxylic acids is 3. The Bertz CT molecular complexity index is 1090. The fourth-order valence-corrected chi connectivity index (χ4v) is 6.03. The molecule has 4 unspecified atom stereocenters. The summed E-state index contributed by atoms with van der Waals surface area (Å²) >= 11 is 0. The molecule has 40 heavy (non-hydrogen) atoms. The summed E-state index contributed by atoms with van der Waals surface area (Å²) in [5.41, 5.74) is 2.10. The lowest BCUT2D eigenvalue weighted by atomic mass is 9.82. The molecule has 1 aliphatic carbocycles. The van der Waals surface area contributed by atoms with Crippen LogP contribution < -0.4 is 10.1 Å². The summed E-state index contributed by atoms with van der Waals surface area (Å²) in [5, 5.41) is 2.94. The molecule has 2 amide bonds. The molecule has 2 aromatic carbocycles. The molecular formula is C33H44N2O5. The van der Waals surface area contributed by atoms with Crippen molar-refractivity contribution < 1.29 is 23.9 Å². The van der Waals surface area contributed by atoms with Crippen molar-refractivity contribution in [1.29, 1.82) is 0 Å². The number of hydrogen-bond donors (Lipinski definition) is 1. The second-order valence-electron chi connectivity index (χ2n) is 11.3. The Hall–Kier alpha value is -3.35. The van der Waals surface area contributed by atoms with Gasteiger partial charge in [-0.05, 0) is 67.7 Å². The molecule has 7 heteroatoms. The number of rotatable bonds is 13. The molecule has 2 aliphatic rings. The average Bonchev–Trinajstić information content (AvgIpc) is 3.41. The zero-order valence-corrected chi connectivity index (χ0v) is 24.0. The van der Waals surface area contributed by atoms with Gasteiger partial charge in [0.1, 0.15) is 12.4 Å². The van der Waals surface area contributed by atoms with Gasteiger partial charge in [0.25, 0.3) is 0 Å². The molecule has 1 heterocycles. The monoisotopic (exact) mass is 548 g/mol. The van der Waals surface area contributed by atoms with Crippen LogP contribution in [0.4, 0.5) is 0 Å². The maximum atomic E-state index is 13.1. The zero-order chi connectivity index (χ0) is 28.3. The lowest BCUT2D eigenvalue weighted by Gasteiger charge is -2.22. The Kier molecular flexibility index (Phi) is 11.0. The molecule has 0 aromatic heterocycles. The number of carbonyl (C=O) groups is 3. The smallest absolute Gasteiger partial charge is 0.309 e. The quantitative estimate of drug-likeness (QED) is 0.287. The predicted octanol–water partition coefficient (Wildman–Crippen LogP) is 4.82. The molecule has 1 aliphatic heterocycles. The van der Waals surface area contributed by atoms with Crippen molar-refractivity contribution in [3.05, 3.63) is 65.7 Å². The molecule has 4 rings (SSSR count). The molecule has 7 nitrogen and oxygen atoms in total. The van der Waals surface area contributed by atoms with E-state index in [1.807, 2.05) is 66.4 Å². The fourth-order valence-electron chi connectivity index (χ4n) is 6.03. The molecule has 1 N–H and O–H groups in total. The highest BCUT2D eigenvalue weighted by molar-refractivity contribution is 5.83. The second kappa shape index (κ2) is 14.9. The van der Waals surface area contributed by atoms with Crippen molar-refractivity contribution in [2.45, 2.75) is 58.8 Å². The molecule has 216 valence electrons. The lowest BCUT2D eigenvalue weighted by molar-refractivity contribution is -0.151. The highest BCUT2D eigenvalue weighted by atomic mass is 16.5. The molecule has 0 spiro atoms. The van der Waals surface area contributed by atoms with Crippen LogP contribution in [0.25, 0.3) is 0 Å². The second-order valence-corrected chi connectivity index (χ2v) is 11.3. The molecular weight excluding hydrogens is 504 g/mol. The third kappa shape index (κ3) is 8.57. The van der Waals surface area contributed by atoms with Crippen LogP contribution in [0.15, 0.2) is 54.6 Å². The number of esters is 1. The van der Waals surface area contributed by atoms with E-state index in [-0.39, 0.29) is 30.1 Å². The average molecular weight is 549 g/mol. The first-order valence-corrected chi connectivity index (χ1v) is 14.9. The van der Waals surface area contributed by atoms with E-state index in [2.05, 4.69) is 5.32 Å². The zero-order valence-electron chi connectivity index (χ0n) is 24.0. The van der Waals surface area contributed by atoms with E-state index in [1.165, 1.54) is 25.7 Å². The third-order valence-electron chi connectivity index (χ3n) is 8.28. The van der Waals surface area contributed by atoms with Crippen molar-refractivity contribution in [3.8, 4) is 5.75 Å². The largest absolute Gasteiger partial charge is 0.492 e. The minimum atomic E-state index is -0.505. The minimum absolute atomic E-state index is 0.00930. The molecule has 0 bridgehead atoms. The minimum Gasteiger partial charge on any atom is -0.492 e. The van der Waals surface area contributed by atoms with Crippen molar-refractivity contribution in [3.63, 3.8) is 0 Å². The Morgan fingerprint density at radius 1 is 0.925 bits per heavy atom. The molecule has 1 saturated carbocycles. The van der Waals surface area contributed by atoms with E-state index < -0.39 is 5.92 Å². The number of ether oxygens (including phenoxy) is 2. The van der Waals surface area contributed by atoms with Crippen LogP contribution in [0.2, 0.25) is 0 Å². The standard InChI is InChI=1S/C33H44N2O5/c1-3-39-33(38)29(21-31(36)35-22-27-11-7-8-12-28(27)23-35)20-26-13-15-30(16-14-26)40-18-17-34-32(37)24(2)19-25-9-5-4-6-10-25/h4-6,9-10,13-16,24,27-29H,3,7-8,11-12,17-23H2,1-2H3,(H,34,37). The van der Waals surface area contributed by atoms with Crippen LogP contribution in [0.1, 0.15) is 57.1 Å². The number of likely N-dealkylation sites (tertiary alicyclic amines) is 1.